The molecule has 2 N–H and O–H groups in total. The van der Waals surface area contributed by atoms with Gasteiger partial charge in [-0.05, 0) is 59.7 Å². The van der Waals surface area contributed by atoms with Gasteiger partial charge in [0.2, 0.25) is 5.95 Å². The van der Waals surface area contributed by atoms with Crippen LogP contribution >= 0.6 is 0 Å². The third-order valence-electron chi connectivity index (χ3n) is 3.75. The summed E-state index contributed by atoms with van der Waals surface area (Å²) in [4.78, 5) is 8.77. The summed E-state index contributed by atoms with van der Waals surface area (Å²) < 4.78 is 7.93. The Morgan fingerprint density at radius 2 is 1.75 bits per heavy atom. The molecule has 136 valence electrons. The summed E-state index contributed by atoms with van der Waals surface area (Å²) in [5.41, 5.74) is 8.04. The Morgan fingerprint density at radius 1 is 1.08 bits per heavy atom. The molecule has 0 amide bonds. The highest BCUT2D eigenvalue weighted by molar-refractivity contribution is 5.79. The molecule has 2 aromatic rings. The second-order valence-electron chi connectivity index (χ2n) is 6.43. The molecular weight excluding hydrogens is 302 g/mol. The molecule has 0 aliphatic carbocycles. The van der Waals surface area contributed by atoms with Crippen molar-refractivity contribution in [2.24, 2.45) is 0 Å². The number of benzene rings is 1. The van der Waals surface area contributed by atoms with E-state index in [0.29, 0.717) is 12.6 Å². The van der Waals surface area contributed by atoms with E-state index >= 15 is 0 Å². The first-order valence-electron chi connectivity index (χ1n) is 8.15. The first-order valence-corrected chi connectivity index (χ1v) is 8.15. The molecule has 6 heteroatoms. The summed E-state index contributed by atoms with van der Waals surface area (Å²) >= 11 is 0. The normalized spacial score (nSPS) is 11.2. The maximum absolute atomic E-state index is 6.07. The van der Waals surface area contributed by atoms with Gasteiger partial charge in [0.1, 0.15) is 5.75 Å². The maximum atomic E-state index is 6.07. The van der Waals surface area contributed by atoms with Gasteiger partial charge in [0.05, 0.1) is 17.6 Å². The molecule has 0 bridgehead atoms. The molecule has 0 unspecified atom stereocenters. The number of rotatable bonds is 9. The van der Waals surface area contributed by atoms with Crippen LogP contribution in [0.5, 0.6) is 5.75 Å². The minimum absolute atomic E-state index is 0. The lowest BCUT2D eigenvalue weighted by Crippen LogP contribution is -2.16. The molecule has 24 heavy (non-hydrogen) atoms. The van der Waals surface area contributed by atoms with Crippen LogP contribution in [-0.2, 0) is 6.54 Å². The van der Waals surface area contributed by atoms with Crippen LogP contribution in [0.15, 0.2) is 18.2 Å². The third-order valence-corrected chi connectivity index (χ3v) is 3.75. The fourth-order valence-corrected chi connectivity index (χ4v) is 2.56. The first kappa shape index (κ1) is 20.3. The molecule has 0 spiro atoms. The van der Waals surface area contributed by atoms with Crippen LogP contribution in [0.3, 0.4) is 0 Å². The largest absolute Gasteiger partial charge is 0.493 e. The Labute approximate surface area is 146 Å². The highest BCUT2D eigenvalue weighted by Gasteiger charge is 2.09. The molecule has 1 aromatic heterocycles. The van der Waals surface area contributed by atoms with Crippen molar-refractivity contribution in [3.63, 3.8) is 0 Å². The average Bonchev–Trinajstić information content (AvgIpc) is 2.79. The molecule has 0 saturated carbocycles. The zero-order valence-corrected chi connectivity index (χ0v) is 14.7. The van der Waals surface area contributed by atoms with E-state index in [1.165, 1.54) is 0 Å². The molecule has 0 atom stereocenters. The van der Waals surface area contributed by atoms with Gasteiger partial charge in [-0.2, -0.15) is 0 Å². The van der Waals surface area contributed by atoms with E-state index in [1.807, 2.05) is 18.2 Å². The van der Waals surface area contributed by atoms with Crippen LogP contribution in [0.2, 0.25) is 0 Å². The standard InChI is InChI=1S/C17H29N5O.CH4/c1-20(2)9-5-11-22-16-13-14(23-12-6-10-21(3)4)7-8-15(16)19-17(22)18;/h7-8,13H,5-6,9-12H2,1-4H3,(H2,18,19);1H4. The Bertz CT molecular complexity index is 621. The lowest BCUT2D eigenvalue weighted by atomic mass is 10.3. The summed E-state index contributed by atoms with van der Waals surface area (Å²) in [7, 11) is 8.30. The molecule has 0 saturated heterocycles. The topological polar surface area (TPSA) is 59.5 Å². The molecular formula is C18H33N5O. The maximum Gasteiger partial charge on any atom is 0.201 e. The first-order chi connectivity index (χ1) is 11.0. The summed E-state index contributed by atoms with van der Waals surface area (Å²) in [5.74, 6) is 1.45. The molecule has 6 nitrogen and oxygen atoms in total. The van der Waals surface area contributed by atoms with E-state index in [4.69, 9.17) is 10.5 Å². The number of aromatic nitrogens is 2. The van der Waals surface area contributed by atoms with Crippen molar-refractivity contribution in [1.29, 1.82) is 0 Å². The van der Waals surface area contributed by atoms with Crippen molar-refractivity contribution in [3.8, 4) is 5.75 Å². The van der Waals surface area contributed by atoms with Gasteiger partial charge in [0, 0.05) is 19.2 Å². The van der Waals surface area contributed by atoms with Gasteiger partial charge >= 0.3 is 0 Å². The zero-order chi connectivity index (χ0) is 16.8. The predicted octanol–water partition coefficient (Wildman–Crippen LogP) is 2.54. The predicted molar refractivity (Wildman–Crippen MR) is 103 cm³/mol. The molecule has 0 radical (unpaired) electrons. The summed E-state index contributed by atoms with van der Waals surface area (Å²) in [5, 5.41) is 0. The number of nitrogen functional groups attached to an aromatic ring is 1. The molecule has 0 aliphatic rings. The van der Waals surface area contributed by atoms with Gasteiger partial charge in [-0.15, -0.1) is 0 Å². The van der Waals surface area contributed by atoms with Crippen LogP contribution in [-0.4, -0.2) is 67.2 Å². The van der Waals surface area contributed by atoms with Crippen LogP contribution in [0.1, 0.15) is 20.3 Å². The molecule has 1 aromatic carbocycles. The number of aryl methyl sites for hydroxylation is 1. The Hall–Kier alpha value is -1.79. The highest BCUT2D eigenvalue weighted by atomic mass is 16.5. The fourth-order valence-electron chi connectivity index (χ4n) is 2.56. The smallest absolute Gasteiger partial charge is 0.201 e. The molecule has 0 fully saturated rings. The summed E-state index contributed by atoms with van der Waals surface area (Å²) in [6.45, 7) is 3.63. The average molecular weight is 335 g/mol. The van der Waals surface area contributed by atoms with Crippen molar-refractivity contribution < 1.29 is 4.74 Å². The van der Waals surface area contributed by atoms with Gasteiger partial charge in [-0.3, -0.25) is 0 Å². The lowest BCUT2D eigenvalue weighted by molar-refractivity contribution is 0.282. The summed E-state index contributed by atoms with van der Waals surface area (Å²) in [6, 6.07) is 5.99. The quantitative estimate of drug-likeness (QED) is 0.714. The van der Waals surface area contributed by atoms with Crippen molar-refractivity contribution in [1.82, 2.24) is 19.4 Å². The highest BCUT2D eigenvalue weighted by Crippen LogP contribution is 2.23. The number of ether oxygens (including phenoxy) is 1. The van der Waals surface area contributed by atoms with Crippen molar-refractivity contribution in [3.05, 3.63) is 18.2 Å². The van der Waals surface area contributed by atoms with Crippen molar-refractivity contribution in [2.45, 2.75) is 26.8 Å². The van der Waals surface area contributed by atoms with Crippen LogP contribution in [0, 0.1) is 0 Å². The van der Waals surface area contributed by atoms with E-state index in [0.717, 1.165) is 49.3 Å². The number of anilines is 1. The van der Waals surface area contributed by atoms with Gasteiger partial charge in [0.25, 0.3) is 0 Å². The van der Waals surface area contributed by atoms with E-state index in [1.54, 1.807) is 0 Å². The number of fused-ring (bicyclic) bond motifs is 1. The number of nitrogens with two attached hydrogens (primary N) is 1. The minimum atomic E-state index is 0. The lowest BCUT2D eigenvalue weighted by Gasteiger charge is -2.12. The Kier molecular flexibility index (Phi) is 8.01. The molecule has 1 heterocycles. The Morgan fingerprint density at radius 3 is 2.42 bits per heavy atom. The van der Waals surface area contributed by atoms with Crippen molar-refractivity contribution in [2.75, 3.05) is 53.6 Å². The van der Waals surface area contributed by atoms with Gasteiger partial charge < -0.3 is 24.8 Å². The van der Waals surface area contributed by atoms with Gasteiger partial charge in [-0.1, -0.05) is 7.43 Å². The fraction of sp³-hybridized carbons (Fsp3) is 0.611. The van der Waals surface area contributed by atoms with E-state index in [-0.39, 0.29) is 7.43 Å². The second-order valence-corrected chi connectivity index (χ2v) is 6.43. The zero-order valence-electron chi connectivity index (χ0n) is 14.7. The minimum Gasteiger partial charge on any atom is -0.493 e. The van der Waals surface area contributed by atoms with Crippen LogP contribution in [0.25, 0.3) is 11.0 Å². The second kappa shape index (κ2) is 9.49. The molecule has 2 rings (SSSR count). The summed E-state index contributed by atoms with van der Waals surface area (Å²) in [6.07, 6.45) is 2.05. The van der Waals surface area contributed by atoms with E-state index < -0.39 is 0 Å². The number of hydrogen-bond donors (Lipinski definition) is 1. The van der Waals surface area contributed by atoms with Crippen molar-refractivity contribution >= 4 is 17.0 Å². The monoisotopic (exact) mass is 335 g/mol. The molecule has 0 aliphatic heterocycles. The van der Waals surface area contributed by atoms with E-state index in [2.05, 4.69) is 47.5 Å². The third kappa shape index (κ3) is 5.69. The van der Waals surface area contributed by atoms with E-state index in [9.17, 15) is 0 Å². The Balaban J connectivity index is 0.00000288. The number of nitrogens with zero attached hydrogens (tertiary/aromatic N) is 4. The van der Waals surface area contributed by atoms with Crippen LogP contribution in [0.4, 0.5) is 5.95 Å². The SMILES string of the molecule is C.CN(C)CCCOc1ccc2nc(N)n(CCCN(C)C)c2c1. The van der Waals surface area contributed by atoms with Crippen LogP contribution < -0.4 is 10.5 Å². The van der Waals surface area contributed by atoms with Gasteiger partial charge in [0.15, 0.2) is 0 Å². The number of hydrogen-bond acceptors (Lipinski definition) is 5. The number of imidazole rings is 1. The van der Waals surface area contributed by atoms with Gasteiger partial charge in [-0.25, -0.2) is 4.98 Å².